The second kappa shape index (κ2) is 14.3. The van der Waals surface area contributed by atoms with E-state index in [1.54, 1.807) is 25.1 Å². The lowest BCUT2D eigenvalue weighted by molar-refractivity contribution is -0.137. The Morgan fingerprint density at radius 1 is 1.06 bits per heavy atom. The van der Waals surface area contributed by atoms with Crippen LogP contribution in [0.1, 0.15) is 19.3 Å². The van der Waals surface area contributed by atoms with Crippen LogP contribution < -0.4 is 16.4 Å². The highest BCUT2D eigenvalue weighted by Gasteiger charge is 2.34. The van der Waals surface area contributed by atoms with Crippen molar-refractivity contribution in [2.75, 3.05) is 31.9 Å². The average Bonchev–Trinajstić information content (AvgIpc) is 2.68. The zero-order valence-electron chi connectivity index (χ0n) is 19.5. The van der Waals surface area contributed by atoms with Gasteiger partial charge >= 0.3 is 11.8 Å². The molecule has 1 aliphatic rings. The first-order chi connectivity index (χ1) is 15.8. The molecule has 0 aliphatic heterocycles. The molecule has 0 saturated heterocycles. The number of carbonyl (C=O) groups excluding carboxylic acids is 3. The molecule has 1 aromatic heterocycles. The molecular weight excluding hydrogens is 530 g/mol. The molecule has 0 bridgehead atoms. The van der Waals surface area contributed by atoms with E-state index >= 15 is 0 Å². The molecule has 0 radical (unpaired) electrons. The number of nitrogens with zero attached hydrogens (tertiary/aromatic N) is 2. The number of amides is 3. The van der Waals surface area contributed by atoms with Crippen molar-refractivity contribution < 1.29 is 40.3 Å². The summed E-state index contributed by atoms with van der Waals surface area (Å²) in [7, 11) is -3.92. The summed E-state index contributed by atoms with van der Waals surface area (Å²) in [5.41, 5.74) is 6.08. The van der Waals surface area contributed by atoms with E-state index in [4.69, 9.17) is 26.4 Å². The number of nitrogens with two attached hydrogens (primary N) is 1. The quantitative estimate of drug-likeness (QED) is 0.231. The maximum Gasteiger partial charge on any atom is 0.314 e. The van der Waals surface area contributed by atoms with E-state index in [1.165, 1.54) is 12.3 Å². The zero-order chi connectivity index (χ0) is 27.6. The minimum Gasteiger partial charge on any atom is -0.349 e. The highest BCUT2D eigenvalue weighted by molar-refractivity contribution is 7.85. The molecule has 1 saturated carbocycles. The van der Waals surface area contributed by atoms with Crippen molar-refractivity contribution in [2.24, 2.45) is 11.7 Å². The van der Waals surface area contributed by atoms with E-state index in [0.29, 0.717) is 36.8 Å². The van der Waals surface area contributed by atoms with Crippen LogP contribution in [0.3, 0.4) is 0 Å². The zero-order valence-corrected chi connectivity index (χ0v) is 21.9. The third kappa shape index (κ3) is 16.8. The van der Waals surface area contributed by atoms with Crippen molar-refractivity contribution in [3.05, 3.63) is 23.4 Å². The van der Waals surface area contributed by atoms with Crippen LogP contribution in [0.4, 0.5) is 5.82 Å². The second-order valence-corrected chi connectivity index (χ2v) is 11.1. The molecule has 2 rings (SSSR count). The fourth-order valence-corrected chi connectivity index (χ4v) is 2.94. The van der Waals surface area contributed by atoms with Crippen molar-refractivity contribution in [3.8, 4) is 0 Å². The van der Waals surface area contributed by atoms with Crippen LogP contribution in [-0.2, 0) is 34.6 Å². The van der Waals surface area contributed by atoms with Gasteiger partial charge in [0.1, 0.15) is 5.82 Å². The number of carbonyl (C=O) groups is 3. The van der Waals surface area contributed by atoms with Crippen molar-refractivity contribution in [2.45, 2.75) is 31.3 Å². The lowest BCUT2D eigenvalue weighted by atomic mass is 9.82. The molecular formula is C18H30ClN5O9S2. The predicted molar refractivity (Wildman–Crippen MR) is 129 cm³/mol. The molecule has 3 amide bonds. The van der Waals surface area contributed by atoms with E-state index in [9.17, 15) is 31.2 Å². The summed E-state index contributed by atoms with van der Waals surface area (Å²) >= 11 is 5.71. The molecule has 0 unspecified atom stereocenters. The highest BCUT2D eigenvalue weighted by atomic mass is 35.5. The topological polar surface area (TPSA) is 226 Å². The SMILES string of the molecule is CN(C)C(=O)[C@H]1CC[C@H](NC(=O)C(=O)Nc2ccc(Cl)cn2)[C@H](N)C1.CS(=O)(=O)O.CS(=O)(=O)O. The molecule has 1 aliphatic carbocycles. The maximum absolute atomic E-state index is 12.0. The fourth-order valence-electron chi connectivity index (χ4n) is 2.83. The largest absolute Gasteiger partial charge is 0.349 e. The van der Waals surface area contributed by atoms with Crippen LogP contribution in [-0.4, -0.2) is 92.2 Å². The first kappa shape index (κ1) is 32.6. The monoisotopic (exact) mass is 559 g/mol. The van der Waals surface area contributed by atoms with Crippen LogP contribution in [0.25, 0.3) is 0 Å². The third-order valence-electron chi connectivity index (χ3n) is 4.18. The van der Waals surface area contributed by atoms with Crippen LogP contribution in [0.2, 0.25) is 5.02 Å². The number of hydrogen-bond donors (Lipinski definition) is 5. The number of pyridine rings is 1. The summed E-state index contributed by atoms with van der Waals surface area (Å²) in [6.07, 6.45) is 4.44. The average molecular weight is 560 g/mol. The number of aromatic nitrogens is 1. The molecule has 1 heterocycles. The summed E-state index contributed by atoms with van der Waals surface area (Å²) in [6, 6.07) is 2.33. The Labute approximate surface area is 209 Å². The fraction of sp³-hybridized carbons (Fsp3) is 0.556. The molecule has 200 valence electrons. The van der Waals surface area contributed by atoms with Gasteiger partial charge in [0.05, 0.1) is 17.5 Å². The highest BCUT2D eigenvalue weighted by Crippen LogP contribution is 2.25. The van der Waals surface area contributed by atoms with E-state index in [1.807, 2.05) is 0 Å². The van der Waals surface area contributed by atoms with Gasteiger partial charge in [-0.15, -0.1) is 0 Å². The first-order valence-electron chi connectivity index (χ1n) is 9.83. The van der Waals surface area contributed by atoms with Gasteiger partial charge in [-0.3, -0.25) is 23.5 Å². The smallest absolute Gasteiger partial charge is 0.314 e. The normalized spacial score (nSPS) is 19.6. The molecule has 17 heteroatoms. The third-order valence-corrected chi connectivity index (χ3v) is 4.40. The van der Waals surface area contributed by atoms with E-state index in [-0.39, 0.29) is 29.7 Å². The number of halogens is 1. The van der Waals surface area contributed by atoms with Crippen LogP contribution >= 0.6 is 11.6 Å². The Balaban J connectivity index is 0.000000975. The van der Waals surface area contributed by atoms with Gasteiger partial charge in [0.25, 0.3) is 20.2 Å². The Bertz CT molecular complexity index is 1030. The molecule has 6 N–H and O–H groups in total. The van der Waals surface area contributed by atoms with Crippen LogP contribution in [0.5, 0.6) is 0 Å². The summed E-state index contributed by atoms with van der Waals surface area (Å²) < 4.78 is 51.7. The summed E-state index contributed by atoms with van der Waals surface area (Å²) in [4.78, 5) is 41.4. The van der Waals surface area contributed by atoms with Gasteiger partial charge in [0.15, 0.2) is 0 Å². The number of rotatable bonds is 3. The van der Waals surface area contributed by atoms with Crippen molar-refractivity contribution in [1.82, 2.24) is 15.2 Å². The standard InChI is InChI=1S/C16H22ClN5O3.2CH4O3S/c1-22(2)16(25)9-3-5-12(11(18)7-9)20-14(23)15(24)21-13-6-4-10(17)8-19-13;2*1-5(2,3)4/h4,6,8-9,11-12H,3,5,7,18H2,1-2H3,(H,20,23)(H,19,21,24);2*1H3,(H,2,3,4)/t9-,11+,12-;;/m0../s1. The first-order valence-corrected chi connectivity index (χ1v) is 13.9. The Morgan fingerprint density at radius 3 is 1.97 bits per heavy atom. The van der Waals surface area contributed by atoms with Gasteiger partial charge in [0, 0.05) is 38.3 Å². The van der Waals surface area contributed by atoms with Gasteiger partial charge in [-0.05, 0) is 31.4 Å². The second-order valence-electron chi connectivity index (χ2n) is 7.77. The summed E-state index contributed by atoms with van der Waals surface area (Å²) in [5, 5.41) is 5.46. The van der Waals surface area contributed by atoms with Crippen LogP contribution in [0.15, 0.2) is 18.3 Å². The molecule has 1 fully saturated rings. The van der Waals surface area contributed by atoms with Gasteiger partial charge < -0.3 is 21.3 Å². The Hall–Kier alpha value is -2.37. The lowest BCUT2D eigenvalue weighted by Crippen LogP contribution is -2.54. The molecule has 3 atom stereocenters. The number of nitrogens with one attached hydrogen (secondary N) is 2. The van der Waals surface area contributed by atoms with Crippen molar-refractivity contribution in [1.29, 1.82) is 0 Å². The Kier molecular flexibility index (Phi) is 13.3. The number of anilines is 1. The van der Waals surface area contributed by atoms with Gasteiger partial charge in [-0.1, -0.05) is 11.6 Å². The van der Waals surface area contributed by atoms with Gasteiger partial charge in [-0.25, -0.2) is 4.98 Å². The summed E-state index contributed by atoms with van der Waals surface area (Å²) in [5.74, 6) is -1.49. The molecule has 35 heavy (non-hydrogen) atoms. The van der Waals surface area contributed by atoms with E-state index in [0.717, 1.165) is 0 Å². The summed E-state index contributed by atoms with van der Waals surface area (Å²) in [6.45, 7) is 0. The minimum absolute atomic E-state index is 0.0341. The Morgan fingerprint density at radius 2 is 1.57 bits per heavy atom. The molecule has 0 spiro atoms. The van der Waals surface area contributed by atoms with E-state index in [2.05, 4.69) is 15.6 Å². The molecule has 14 nitrogen and oxygen atoms in total. The van der Waals surface area contributed by atoms with Gasteiger partial charge in [0.2, 0.25) is 5.91 Å². The van der Waals surface area contributed by atoms with Crippen molar-refractivity contribution >= 4 is 55.4 Å². The lowest BCUT2D eigenvalue weighted by Gasteiger charge is -2.34. The predicted octanol–water partition coefficient (Wildman–Crippen LogP) is -0.618. The molecule has 1 aromatic rings. The number of hydrogen-bond acceptors (Lipinski definition) is 9. The van der Waals surface area contributed by atoms with Crippen LogP contribution in [0, 0.1) is 5.92 Å². The molecule has 0 aromatic carbocycles. The maximum atomic E-state index is 12.0. The minimum atomic E-state index is -3.67. The van der Waals surface area contributed by atoms with Gasteiger partial charge in [-0.2, -0.15) is 16.8 Å². The van der Waals surface area contributed by atoms with Crippen molar-refractivity contribution in [3.63, 3.8) is 0 Å². The van der Waals surface area contributed by atoms with E-state index < -0.39 is 32.1 Å².